The van der Waals surface area contributed by atoms with Crippen LogP contribution in [-0.2, 0) is 12.8 Å². The lowest BCUT2D eigenvalue weighted by atomic mass is 9.89. The molecule has 2 fully saturated rings. The molecule has 4 N–H and O–H groups in total. The molecule has 9 nitrogen and oxygen atoms in total. The van der Waals surface area contributed by atoms with Gasteiger partial charge in [-0.25, -0.2) is 0 Å². The van der Waals surface area contributed by atoms with Gasteiger partial charge in [0.1, 0.15) is 5.75 Å². The Labute approximate surface area is 258 Å². The van der Waals surface area contributed by atoms with E-state index in [1.807, 2.05) is 18.3 Å². The first-order valence-electron chi connectivity index (χ1n) is 15.7. The zero-order chi connectivity index (χ0) is 31.0. The molecule has 9 heteroatoms. The van der Waals surface area contributed by atoms with E-state index in [9.17, 15) is 9.59 Å². The summed E-state index contributed by atoms with van der Waals surface area (Å²) in [5.41, 5.74) is 7.13. The summed E-state index contributed by atoms with van der Waals surface area (Å²) in [6.45, 7) is 11.8. The van der Waals surface area contributed by atoms with Crippen LogP contribution in [0.15, 0.2) is 42.7 Å². The summed E-state index contributed by atoms with van der Waals surface area (Å²) in [6, 6.07) is 10.3. The SMILES string of the molecule is COc1cc(C(=O)NC2CNC2)c2ncc(CCc3cc(C(=O)NC4CNC4)c4nccc(C(C)C)c4c3)c(C(C)C)c2c1. The average Bonchev–Trinajstić information content (AvgIpc) is 2.97. The van der Waals surface area contributed by atoms with Gasteiger partial charge in [0.05, 0.1) is 41.4 Å². The Kier molecular flexibility index (Phi) is 8.51. The van der Waals surface area contributed by atoms with Crippen molar-refractivity contribution in [3.63, 3.8) is 0 Å². The molecule has 2 aliphatic heterocycles. The third kappa shape index (κ3) is 5.86. The van der Waals surface area contributed by atoms with Crippen molar-refractivity contribution >= 4 is 33.6 Å². The number of hydrogen-bond acceptors (Lipinski definition) is 7. The van der Waals surface area contributed by atoms with E-state index in [4.69, 9.17) is 9.72 Å². The van der Waals surface area contributed by atoms with E-state index in [-0.39, 0.29) is 29.8 Å². The highest BCUT2D eigenvalue weighted by molar-refractivity contribution is 6.08. The fourth-order valence-corrected chi connectivity index (χ4v) is 6.25. The van der Waals surface area contributed by atoms with E-state index < -0.39 is 0 Å². The quantitative estimate of drug-likeness (QED) is 0.217. The van der Waals surface area contributed by atoms with Crippen LogP contribution in [0.4, 0.5) is 0 Å². The monoisotopic (exact) mass is 594 g/mol. The first-order valence-corrected chi connectivity index (χ1v) is 15.7. The lowest BCUT2D eigenvalue weighted by Crippen LogP contribution is -2.56. The molecule has 0 aliphatic carbocycles. The number of pyridine rings is 2. The van der Waals surface area contributed by atoms with Gasteiger partial charge >= 0.3 is 0 Å². The average molecular weight is 595 g/mol. The number of nitrogens with one attached hydrogen (secondary N) is 4. The number of nitrogens with zero attached hydrogens (tertiary/aromatic N) is 2. The predicted molar refractivity (Wildman–Crippen MR) is 174 cm³/mol. The summed E-state index contributed by atoms with van der Waals surface area (Å²) in [7, 11) is 1.63. The maximum Gasteiger partial charge on any atom is 0.253 e. The Balaban J connectivity index is 1.37. The van der Waals surface area contributed by atoms with Crippen molar-refractivity contribution in [2.75, 3.05) is 33.3 Å². The van der Waals surface area contributed by atoms with E-state index in [1.54, 1.807) is 19.4 Å². The van der Waals surface area contributed by atoms with Crippen LogP contribution in [-0.4, -0.2) is 67.2 Å². The molecule has 0 spiro atoms. The number of benzene rings is 2. The highest BCUT2D eigenvalue weighted by atomic mass is 16.5. The Bertz CT molecular complexity index is 1730. The molecule has 0 saturated carbocycles. The maximum absolute atomic E-state index is 13.5. The fraction of sp³-hybridized carbons (Fsp3) is 0.429. The molecule has 0 bridgehead atoms. The second-order valence-electron chi connectivity index (χ2n) is 12.7. The Morgan fingerprint density at radius 3 is 2.05 bits per heavy atom. The fourth-order valence-electron chi connectivity index (χ4n) is 6.25. The smallest absolute Gasteiger partial charge is 0.253 e. The molecular weight excluding hydrogens is 552 g/mol. The second kappa shape index (κ2) is 12.5. The number of carbonyl (C=O) groups excluding carboxylic acids is 2. The number of amides is 2. The largest absolute Gasteiger partial charge is 0.497 e. The van der Waals surface area contributed by atoms with Crippen LogP contribution in [0.3, 0.4) is 0 Å². The Morgan fingerprint density at radius 2 is 1.48 bits per heavy atom. The van der Waals surface area contributed by atoms with Crippen molar-refractivity contribution in [2.45, 2.75) is 64.5 Å². The van der Waals surface area contributed by atoms with Crippen LogP contribution in [0, 0.1) is 0 Å². The summed E-state index contributed by atoms with van der Waals surface area (Å²) in [6.07, 6.45) is 5.19. The molecule has 4 aromatic rings. The summed E-state index contributed by atoms with van der Waals surface area (Å²) in [5, 5.41) is 14.6. The van der Waals surface area contributed by atoms with Crippen molar-refractivity contribution in [2.24, 2.45) is 0 Å². The summed E-state index contributed by atoms with van der Waals surface area (Å²) < 4.78 is 5.64. The molecule has 0 atom stereocenters. The van der Waals surface area contributed by atoms with Gasteiger partial charge < -0.3 is 26.0 Å². The summed E-state index contributed by atoms with van der Waals surface area (Å²) in [4.78, 5) is 36.3. The van der Waals surface area contributed by atoms with Crippen LogP contribution in [0.1, 0.15) is 82.5 Å². The molecule has 2 saturated heterocycles. The molecular formula is C35H42N6O3. The van der Waals surface area contributed by atoms with Crippen molar-refractivity contribution in [1.29, 1.82) is 0 Å². The number of rotatable bonds is 10. The van der Waals surface area contributed by atoms with Crippen molar-refractivity contribution in [1.82, 2.24) is 31.2 Å². The molecule has 2 amide bonds. The minimum atomic E-state index is -0.135. The predicted octanol–water partition coefficient (Wildman–Crippen LogP) is 4.23. The third-order valence-corrected chi connectivity index (χ3v) is 8.85. The lowest BCUT2D eigenvalue weighted by Gasteiger charge is -2.28. The van der Waals surface area contributed by atoms with E-state index >= 15 is 0 Å². The molecule has 2 aromatic heterocycles. The molecule has 230 valence electrons. The number of aryl methyl sites for hydroxylation is 2. The Hall–Kier alpha value is -4.08. The van der Waals surface area contributed by atoms with E-state index in [0.717, 1.165) is 72.0 Å². The van der Waals surface area contributed by atoms with Gasteiger partial charge in [0, 0.05) is 49.3 Å². The van der Waals surface area contributed by atoms with Gasteiger partial charge in [0.25, 0.3) is 11.8 Å². The first-order chi connectivity index (χ1) is 21.2. The van der Waals surface area contributed by atoms with Gasteiger partial charge in [-0.3, -0.25) is 19.6 Å². The van der Waals surface area contributed by atoms with E-state index in [2.05, 4.69) is 66.1 Å². The number of aromatic nitrogens is 2. The molecule has 2 aromatic carbocycles. The van der Waals surface area contributed by atoms with Gasteiger partial charge in [0.2, 0.25) is 0 Å². The van der Waals surface area contributed by atoms with Crippen LogP contribution in [0.5, 0.6) is 5.75 Å². The van der Waals surface area contributed by atoms with Gasteiger partial charge in [0.15, 0.2) is 0 Å². The van der Waals surface area contributed by atoms with Crippen LogP contribution >= 0.6 is 0 Å². The minimum absolute atomic E-state index is 0.0809. The molecule has 0 unspecified atom stereocenters. The maximum atomic E-state index is 13.5. The second-order valence-corrected chi connectivity index (χ2v) is 12.7. The number of methoxy groups -OCH3 is 1. The normalized spacial score (nSPS) is 15.4. The van der Waals surface area contributed by atoms with Crippen LogP contribution in [0.2, 0.25) is 0 Å². The van der Waals surface area contributed by atoms with Crippen LogP contribution in [0.25, 0.3) is 21.8 Å². The summed E-state index contributed by atoms with van der Waals surface area (Å²) in [5.74, 6) is 0.907. The van der Waals surface area contributed by atoms with Gasteiger partial charge in [-0.2, -0.15) is 0 Å². The lowest BCUT2D eigenvalue weighted by molar-refractivity contribution is 0.0917. The highest BCUT2D eigenvalue weighted by Crippen LogP contribution is 2.34. The summed E-state index contributed by atoms with van der Waals surface area (Å²) >= 11 is 0. The number of ether oxygens (including phenoxy) is 1. The van der Waals surface area contributed by atoms with Gasteiger partial charge in [-0.05, 0) is 77.3 Å². The minimum Gasteiger partial charge on any atom is -0.497 e. The molecule has 2 aliphatic rings. The highest BCUT2D eigenvalue weighted by Gasteiger charge is 2.25. The topological polar surface area (TPSA) is 117 Å². The number of hydrogen-bond donors (Lipinski definition) is 4. The third-order valence-electron chi connectivity index (χ3n) is 8.85. The standard InChI is InChI=1S/C35H42N6O3/c1-19(2)26-8-9-38-32-27(26)10-21(11-29(32)34(42)40-23-15-36-16-23)6-7-22-14-39-33-28(31(22)20(3)4)12-25(44-5)13-30(33)35(43)41-24-17-37-18-24/h8-14,19-20,23-24,36-37H,6-7,15-18H2,1-5H3,(H,40,42)(H,41,43). The van der Waals surface area contributed by atoms with Crippen molar-refractivity contribution < 1.29 is 14.3 Å². The molecule has 0 radical (unpaired) electrons. The zero-order valence-electron chi connectivity index (χ0n) is 26.2. The van der Waals surface area contributed by atoms with Crippen LogP contribution < -0.4 is 26.0 Å². The molecule has 4 heterocycles. The van der Waals surface area contributed by atoms with E-state index in [0.29, 0.717) is 28.3 Å². The number of fused-ring (bicyclic) bond motifs is 2. The zero-order valence-corrected chi connectivity index (χ0v) is 26.2. The van der Waals surface area contributed by atoms with Gasteiger partial charge in [-0.15, -0.1) is 0 Å². The number of carbonyl (C=O) groups is 2. The molecule has 6 rings (SSSR count). The Morgan fingerprint density at radius 1 is 0.841 bits per heavy atom. The van der Waals surface area contributed by atoms with E-state index in [1.165, 1.54) is 5.56 Å². The van der Waals surface area contributed by atoms with Crippen molar-refractivity contribution in [3.8, 4) is 5.75 Å². The van der Waals surface area contributed by atoms with Gasteiger partial charge in [-0.1, -0.05) is 27.7 Å². The first kappa shape index (κ1) is 30.0. The van der Waals surface area contributed by atoms with Crippen molar-refractivity contribution in [3.05, 3.63) is 76.1 Å². The molecule has 44 heavy (non-hydrogen) atoms.